The Morgan fingerprint density at radius 1 is 1.40 bits per heavy atom. The summed E-state index contributed by atoms with van der Waals surface area (Å²) >= 11 is 0. The highest BCUT2D eigenvalue weighted by Gasteiger charge is 2.03. The van der Waals surface area contributed by atoms with Gasteiger partial charge in [0.2, 0.25) is 0 Å². The highest BCUT2D eigenvalue weighted by atomic mass is 127. The van der Waals surface area contributed by atoms with Crippen LogP contribution in [0.1, 0.15) is 25.6 Å². The summed E-state index contributed by atoms with van der Waals surface area (Å²) in [5.41, 5.74) is 6.63. The molecule has 110 valence electrons. The molecule has 0 aliphatic carbocycles. The van der Waals surface area contributed by atoms with Gasteiger partial charge < -0.3 is 11.1 Å². The summed E-state index contributed by atoms with van der Waals surface area (Å²) < 4.78 is 1.98. The lowest BCUT2D eigenvalue weighted by Crippen LogP contribution is -2.33. The SMILES string of the molecule is CCCCN=C(N)NCCc1nnc2ccccn12.I. The second-order valence-electron chi connectivity index (χ2n) is 4.34. The Morgan fingerprint density at radius 2 is 2.25 bits per heavy atom. The molecule has 0 atom stereocenters. The molecule has 0 amide bonds. The van der Waals surface area contributed by atoms with Crippen LogP contribution in [0.5, 0.6) is 0 Å². The van der Waals surface area contributed by atoms with Gasteiger partial charge >= 0.3 is 0 Å². The van der Waals surface area contributed by atoms with Crippen molar-refractivity contribution in [2.24, 2.45) is 10.7 Å². The zero-order valence-electron chi connectivity index (χ0n) is 11.6. The first-order valence-corrected chi connectivity index (χ1v) is 6.63. The average Bonchev–Trinajstić information content (AvgIpc) is 2.83. The van der Waals surface area contributed by atoms with Crippen LogP contribution in [-0.2, 0) is 6.42 Å². The Morgan fingerprint density at radius 3 is 3.05 bits per heavy atom. The molecule has 0 aliphatic rings. The Hall–Kier alpha value is -1.38. The van der Waals surface area contributed by atoms with Gasteiger partial charge in [0.05, 0.1) is 0 Å². The number of rotatable bonds is 6. The van der Waals surface area contributed by atoms with Crippen molar-refractivity contribution in [3.8, 4) is 0 Å². The molecule has 0 unspecified atom stereocenters. The van der Waals surface area contributed by atoms with Gasteiger partial charge in [0.25, 0.3) is 0 Å². The third kappa shape index (κ3) is 4.62. The topological polar surface area (TPSA) is 80.6 Å². The molecular weight excluding hydrogens is 367 g/mol. The number of hydrogen-bond acceptors (Lipinski definition) is 3. The van der Waals surface area contributed by atoms with Crippen LogP contribution in [-0.4, -0.2) is 33.6 Å². The van der Waals surface area contributed by atoms with Crippen molar-refractivity contribution >= 4 is 35.6 Å². The summed E-state index contributed by atoms with van der Waals surface area (Å²) in [6.07, 6.45) is 4.91. The second kappa shape index (κ2) is 8.72. The summed E-state index contributed by atoms with van der Waals surface area (Å²) in [7, 11) is 0. The number of nitrogens with one attached hydrogen (secondary N) is 1. The van der Waals surface area contributed by atoms with E-state index >= 15 is 0 Å². The van der Waals surface area contributed by atoms with Crippen molar-refractivity contribution in [3.63, 3.8) is 0 Å². The summed E-state index contributed by atoms with van der Waals surface area (Å²) in [6, 6.07) is 5.85. The molecule has 6 nitrogen and oxygen atoms in total. The lowest BCUT2D eigenvalue weighted by molar-refractivity contribution is 0.772. The standard InChI is InChI=1S/C13H20N6.HI/c1-2-3-8-15-13(14)16-9-7-12-18-17-11-6-4-5-10-19(11)12;/h4-6,10H,2-3,7-9H2,1H3,(H3,14,15,16);1H. The van der Waals surface area contributed by atoms with Crippen LogP contribution in [0.15, 0.2) is 29.4 Å². The Labute approximate surface area is 135 Å². The van der Waals surface area contributed by atoms with E-state index in [2.05, 4.69) is 27.4 Å². The summed E-state index contributed by atoms with van der Waals surface area (Å²) in [5, 5.41) is 11.4. The maximum Gasteiger partial charge on any atom is 0.188 e. The first-order valence-electron chi connectivity index (χ1n) is 6.63. The first-order chi connectivity index (χ1) is 9.31. The number of aromatic nitrogens is 3. The molecule has 2 aromatic heterocycles. The quantitative estimate of drug-likeness (QED) is 0.341. The molecular formula is C13H21IN6. The average molecular weight is 388 g/mol. The first kappa shape index (κ1) is 16.7. The van der Waals surface area contributed by atoms with Crippen molar-refractivity contribution in [2.75, 3.05) is 13.1 Å². The molecule has 0 aliphatic heterocycles. The van der Waals surface area contributed by atoms with Crippen LogP contribution in [0.3, 0.4) is 0 Å². The van der Waals surface area contributed by atoms with E-state index in [1.54, 1.807) is 0 Å². The number of hydrogen-bond donors (Lipinski definition) is 2. The van der Waals surface area contributed by atoms with Gasteiger partial charge in [-0.15, -0.1) is 34.2 Å². The number of nitrogens with two attached hydrogens (primary N) is 1. The number of nitrogens with zero attached hydrogens (tertiary/aromatic N) is 4. The van der Waals surface area contributed by atoms with E-state index < -0.39 is 0 Å². The minimum Gasteiger partial charge on any atom is -0.370 e. The van der Waals surface area contributed by atoms with Crippen LogP contribution < -0.4 is 11.1 Å². The van der Waals surface area contributed by atoms with Gasteiger partial charge in [-0.05, 0) is 18.6 Å². The van der Waals surface area contributed by atoms with Crippen LogP contribution >= 0.6 is 24.0 Å². The van der Waals surface area contributed by atoms with Crippen molar-refractivity contribution < 1.29 is 0 Å². The number of guanidine groups is 1. The van der Waals surface area contributed by atoms with Gasteiger partial charge in [-0.3, -0.25) is 9.39 Å². The third-order valence-corrected chi connectivity index (χ3v) is 2.83. The molecule has 0 radical (unpaired) electrons. The summed E-state index contributed by atoms with van der Waals surface area (Å²) in [4.78, 5) is 4.24. The maximum atomic E-state index is 5.76. The molecule has 0 spiro atoms. The van der Waals surface area contributed by atoms with Gasteiger partial charge in [0, 0.05) is 25.7 Å². The van der Waals surface area contributed by atoms with Gasteiger partial charge in [0.15, 0.2) is 11.6 Å². The molecule has 20 heavy (non-hydrogen) atoms. The number of pyridine rings is 1. The molecule has 2 heterocycles. The molecule has 0 saturated heterocycles. The predicted molar refractivity (Wildman–Crippen MR) is 91.5 cm³/mol. The second-order valence-corrected chi connectivity index (χ2v) is 4.34. The van der Waals surface area contributed by atoms with E-state index in [0.29, 0.717) is 12.5 Å². The number of halogens is 1. The number of unbranched alkanes of at least 4 members (excludes halogenated alkanes) is 1. The zero-order chi connectivity index (χ0) is 13.5. The molecule has 0 aromatic carbocycles. The Kier molecular flexibility index (Phi) is 7.27. The zero-order valence-corrected chi connectivity index (χ0v) is 13.9. The lowest BCUT2D eigenvalue weighted by Gasteiger charge is -2.04. The molecule has 7 heteroatoms. The third-order valence-electron chi connectivity index (χ3n) is 2.83. The summed E-state index contributed by atoms with van der Waals surface area (Å²) in [6.45, 7) is 3.62. The monoisotopic (exact) mass is 388 g/mol. The Bertz CT molecular complexity index is 551. The fourth-order valence-corrected chi connectivity index (χ4v) is 1.78. The molecule has 2 rings (SSSR count). The number of fused-ring (bicyclic) bond motifs is 1. The molecule has 2 aromatic rings. The van der Waals surface area contributed by atoms with Crippen molar-refractivity contribution in [3.05, 3.63) is 30.2 Å². The summed E-state index contributed by atoms with van der Waals surface area (Å²) in [5.74, 6) is 1.42. The fraction of sp³-hybridized carbons (Fsp3) is 0.462. The minimum atomic E-state index is 0. The highest BCUT2D eigenvalue weighted by Crippen LogP contribution is 2.02. The predicted octanol–water partition coefficient (Wildman–Crippen LogP) is 1.59. The maximum absolute atomic E-state index is 5.76. The molecule has 0 bridgehead atoms. The van der Waals surface area contributed by atoms with Crippen LogP contribution in [0.4, 0.5) is 0 Å². The van der Waals surface area contributed by atoms with E-state index in [4.69, 9.17) is 5.73 Å². The van der Waals surface area contributed by atoms with E-state index in [-0.39, 0.29) is 24.0 Å². The van der Waals surface area contributed by atoms with Gasteiger partial charge in [0.1, 0.15) is 5.82 Å². The van der Waals surface area contributed by atoms with Crippen LogP contribution in [0, 0.1) is 0 Å². The van der Waals surface area contributed by atoms with E-state index in [0.717, 1.165) is 37.3 Å². The molecule has 0 saturated carbocycles. The molecule has 0 fully saturated rings. The highest BCUT2D eigenvalue weighted by molar-refractivity contribution is 14.0. The smallest absolute Gasteiger partial charge is 0.188 e. The minimum absolute atomic E-state index is 0. The largest absolute Gasteiger partial charge is 0.370 e. The van der Waals surface area contributed by atoms with Crippen LogP contribution in [0.25, 0.3) is 5.65 Å². The van der Waals surface area contributed by atoms with Gasteiger partial charge in [-0.1, -0.05) is 19.4 Å². The lowest BCUT2D eigenvalue weighted by atomic mass is 10.3. The van der Waals surface area contributed by atoms with Crippen molar-refractivity contribution in [1.29, 1.82) is 0 Å². The van der Waals surface area contributed by atoms with E-state index in [1.165, 1.54) is 0 Å². The van der Waals surface area contributed by atoms with Gasteiger partial charge in [-0.25, -0.2) is 0 Å². The number of aliphatic imine (C=N–C) groups is 1. The molecule has 3 N–H and O–H groups in total. The van der Waals surface area contributed by atoms with Crippen LogP contribution in [0.2, 0.25) is 0 Å². The Balaban J connectivity index is 0.00000200. The van der Waals surface area contributed by atoms with Gasteiger partial charge in [-0.2, -0.15) is 0 Å². The van der Waals surface area contributed by atoms with E-state index in [9.17, 15) is 0 Å². The van der Waals surface area contributed by atoms with Crippen molar-refractivity contribution in [1.82, 2.24) is 19.9 Å². The normalized spacial score (nSPS) is 11.3. The fourth-order valence-electron chi connectivity index (χ4n) is 1.78. The van der Waals surface area contributed by atoms with E-state index in [1.807, 2.05) is 28.8 Å². The van der Waals surface area contributed by atoms with Crippen molar-refractivity contribution in [2.45, 2.75) is 26.2 Å².